The number of para-hydroxylation sites is 2. The quantitative estimate of drug-likeness (QED) is 0.318. The molecular weight excluding hydrogens is 402 g/mol. The number of benzene rings is 3. The molecule has 150 valence electrons. The molecule has 0 radical (unpaired) electrons. The standard InChI is InChI=1S/C26H19N3OS/c30-26(29-23-12-6-7-13-25(23)31-19-8-2-1-3-9-19)15-14-18-16-21-20-10-4-5-11-22(20)28-24(21)17-27-18/h1-17,28H,(H,29,30)/b15-14+. The summed E-state index contributed by atoms with van der Waals surface area (Å²) >= 11 is 1.62. The first kappa shape index (κ1) is 19.2. The van der Waals surface area contributed by atoms with Crippen LogP contribution in [0.15, 0.2) is 107 Å². The van der Waals surface area contributed by atoms with Crippen LogP contribution < -0.4 is 5.32 Å². The fourth-order valence-corrected chi connectivity index (χ4v) is 4.39. The number of carbonyl (C=O) groups excluding carboxylic acids is 1. The van der Waals surface area contributed by atoms with Crippen molar-refractivity contribution in [2.24, 2.45) is 0 Å². The zero-order chi connectivity index (χ0) is 21.0. The van der Waals surface area contributed by atoms with Crippen LogP contribution in [0.5, 0.6) is 0 Å². The van der Waals surface area contributed by atoms with Crippen LogP contribution in [0, 0.1) is 0 Å². The van der Waals surface area contributed by atoms with Crippen molar-refractivity contribution in [2.75, 3.05) is 5.32 Å². The number of nitrogens with zero attached hydrogens (tertiary/aromatic N) is 1. The molecule has 0 unspecified atom stereocenters. The lowest BCUT2D eigenvalue weighted by Crippen LogP contribution is -2.08. The van der Waals surface area contributed by atoms with Crippen molar-refractivity contribution in [3.05, 3.63) is 103 Å². The molecule has 31 heavy (non-hydrogen) atoms. The van der Waals surface area contributed by atoms with Gasteiger partial charge in [-0.2, -0.15) is 0 Å². The average molecular weight is 422 g/mol. The monoisotopic (exact) mass is 421 g/mol. The van der Waals surface area contributed by atoms with Gasteiger partial charge < -0.3 is 10.3 Å². The molecule has 0 atom stereocenters. The van der Waals surface area contributed by atoms with Crippen LogP contribution in [0.1, 0.15) is 5.69 Å². The molecule has 0 spiro atoms. The lowest BCUT2D eigenvalue weighted by molar-refractivity contribution is -0.111. The first-order valence-corrected chi connectivity index (χ1v) is 10.8. The molecule has 5 aromatic rings. The summed E-state index contributed by atoms with van der Waals surface area (Å²) in [5.41, 5.74) is 3.57. The maximum Gasteiger partial charge on any atom is 0.248 e. The van der Waals surface area contributed by atoms with E-state index in [0.29, 0.717) is 0 Å². The van der Waals surface area contributed by atoms with Gasteiger partial charge in [-0.3, -0.25) is 9.78 Å². The van der Waals surface area contributed by atoms with Gasteiger partial charge in [-0.1, -0.05) is 60.3 Å². The molecular formula is C26H19N3OS. The molecule has 0 saturated carbocycles. The lowest BCUT2D eigenvalue weighted by atomic mass is 10.1. The van der Waals surface area contributed by atoms with Crippen LogP contribution in [-0.2, 0) is 4.79 Å². The van der Waals surface area contributed by atoms with Crippen molar-refractivity contribution < 1.29 is 4.79 Å². The number of hydrogen-bond acceptors (Lipinski definition) is 3. The Hall–Kier alpha value is -3.83. The van der Waals surface area contributed by atoms with Crippen molar-refractivity contribution in [2.45, 2.75) is 9.79 Å². The van der Waals surface area contributed by atoms with Gasteiger partial charge in [0.05, 0.1) is 23.1 Å². The van der Waals surface area contributed by atoms with Gasteiger partial charge in [-0.05, 0) is 42.5 Å². The molecule has 5 rings (SSSR count). The molecule has 0 bridgehead atoms. The number of aromatic amines is 1. The third-order valence-corrected chi connectivity index (χ3v) is 6.02. The molecule has 0 saturated heterocycles. The minimum Gasteiger partial charge on any atom is -0.353 e. The first-order chi connectivity index (χ1) is 15.3. The molecule has 0 aliphatic carbocycles. The number of aromatic nitrogens is 2. The van der Waals surface area contributed by atoms with E-state index in [0.717, 1.165) is 43.0 Å². The summed E-state index contributed by atoms with van der Waals surface area (Å²) in [5.74, 6) is -0.193. The number of carbonyl (C=O) groups is 1. The summed E-state index contributed by atoms with van der Waals surface area (Å²) in [6, 6.07) is 28.0. The summed E-state index contributed by atoms with van der Waals surface area (Å²) in [4.78, 5) is 22.5. The van der Waals surface area contributed by atoms with Gasteiger partial charge in [-0.15, -0.1) is 0 Å². The van der Waals surface area contributed by atoms with Crippen molar-refractivity contribution in [3.8, 4) is 0 Å². The third-order valence-electron chi connectivity index (χ3n) is 4.93. The molecule has 1 amide bonds. The van der Waals surface area contributed by atoms with Crippen LogP contribution in [-0.4, -0.2) is 15.9 Å². The fraction of sp³-hybridized carbons (Fsp3) is 0. The third kappa shape index (κ3) is 4.22. The van der Waals surface area contributed by atoms with Gasteiger partial charge >= 0.3 is 0 Å². The maximum absolute atomic E-state index is 12.6. The zero-order valence-electron chi connectivity index (χ0n) is 16.6. The van der Waals surface area contributed by atoms with Crippen molar-refractivity contribution >= 4 is 51.2 Å². The van der Waals surface area contributed by atoms with Gasteiger partial charge in [0, 0.05) is 32.2 Å². The molecule has 0 aliphatic rings. The Labute approximate surface area is 184 Å². The summed E-state index contributed by atoms with van der Waals surface area (Å²) in [7, 11) is 0. The Morgan fingerprint density at radius 1 is 0.871 bits per heavy atom. The first-order valence-electron chi connectivity index (χ1n) is 9.94. The van der Waals surface area contributed by atoms with Crippen LogP contribution >= 0.6 is 11.8 Å². The SMILES string of the molecule is O=C(/C=C/c1cc2c(cn1)[nH]c1ccccc12)Nc1ccccc1Sc1ccccc1. The Balaban J connectivity index is 1.34. The Kier molecular flexibility index (Phi) is 5.25. The Morgan fingerprint density at radius 3 is 2.55 bits per heavy atom. The minimum absolute atomic E-state index is 0.193. The highest BCUT2D eigenvalue weighted by Gasteiger charge is 2.07. The molecule has 2 N–H and O–H groups in total. The van der Waals surface area contributed by atoms with E-state index < -0.39 is 0 Å². The molecule has 3 aromatic carbocycles. The fourth-order valence-electron chi connectivity index (χ4n) is 3.47. The average Bonchev–Trinajstić information content (AvgIpc) is 3.18. The Morgan fingerprint density at radius 2 is 1.65 bits per heavy atom. The highest BCUT2D eigenvalue weighted by molar-refractivity contribution is 7.99. The summed E-state index contributed by atoms with van der Waals surface area (Å²) in [6.45, 7) is 0. The van der Waals surface area contributed by atoms with Gasteiger partial charge in [0.2, 0.25) is 5.91 Å². The van der Waals surface area contributed by atoms with Crippen LogP contribution in [0.25, 0.3) is 27.9 Å². The Bertz CT molecular complexity index is 1410. The predicted octanol–water partition coefficient (Wildman–Crippen LogP) is 6.52. The predicted molar refractivity (Wildman–Crippen MR) is 128 cm³/mol. The minimum atomic E-state index is -0.193. The molecule has 2 aromatic heterocycles. The smallest absolute Gasteiger partial charge is 0.248 e. The topological polar surface area (TPSA) is 57.8 Å². The van der Waals surface area contributed by atoms with E-state index >= 15 is 0 Å². The summed E-state index contributed by atoms with van der Waals surface area (Å²) in [6.07, 6.45) is 5.06. The van der Waals surface area contributed by atoms with Gasteiger partial charge in [0.15, 0.2) is 0 Å². The second-order valence-corrected chi connectivity index (χ2v) is 8.17. The van der Waals surface area contributed by atoms with Crippen LogP contribution in [0.4, 0.5) is 5.69 Å². The molecule has 5 heteroatoms. The van der Waals surface area contributed by atoms with Crippen molar-refractivity contribution in [1.82, 2.24) is 9.97 Å². The van der Waals surface area contributed by atoms with Crippen molar-refractivity contribution in [3.63, 3.8) is 0 Å². The number of H-pyrrole nitrogens is 1. The van der Waals surface area contributed by atoms with E-state index in [4.69, 9.17) is 0 Å². The van der Waals surface area contributed by atoms with E-state index in [1.807, 2.05) is 66.7 Å². The highest BCUT2D eigenvalue weighted by atomic mass is 32.2. The molecule has 0 fully saturated rings. The number of pyridine rings is 1. The number of anilines is 1. The normalized spacial score (nSPS) is 11.4. The second kappa shape index (κ2) is 8.50. The van der Waals surface area contributed by atoms with Gasteiger partial charge in [-0.25, -0.2) is 0 Å². The number of rotatable bonds is 5. The van der Waals surface area contributed by atoms with E-state index in [1.165, 1.54) is 6.08 Å². The highest BCUT2D eigenvalue weighted by Crippen LogP contribution is 2.33. The summed E-state index contributed by atoms with van der Waals surface area (Å²) < 4.78 is 0. The second-order valence-electron chi connectivity index (χ2n) is 7.06. The van der Waals surface area contributed by atoms with Crippen LogP contribution in [0.2, 0.25) is 0 Å². The molecule has 4 nitrogen and oxygen atoms in total. The molecule has 2 heterocycles. The number of nitrogens with one attached hydrogen (secondary N) is 2. The van der Waals surface area contributed by atoms with Gasteiger partial charge in [0.25, 0.3) is 0 Å². The zero-order valence-corrected chi connectivity index (χ0v) is 17.4. The number of fused-ring (bicyclic) bond motifs is 3. The summed E-state index contributed by atoms with van der Waals surface area (Å²) in [5, 5.41) is 5.22. The van der Waals surface area contributed by atoms with E-state index in [2.05, 4.69) is 33.5 Å². The number of amides is 1. The largest absolute Gasteiger partial charge is 0.353 e. The van der Waals surface area contributed by atoms with Crippen molar-refractivity contribution in [1.29, 1.82) is 0 Å². The van der Waals surface area contributed by atoms with Gasteiger partial charge in [0.1, 0.15) is 0 Å². The lowest BCUT2D eigenvalue weighted by Gasteiger charge is -2.09. The maximum atomic E-state index is 12.6. The van der Waals surface area contributed by atoms with E-state index in [1.54, 1.807) is 24.0 Å². The van der Waals surface area contributed by atoms with E-state index in [9.17, 15) is 4.79 Å². The van der Waals surface area contributed by atoms with E-state index in [-0.39, 0.29) is 5.91 Å². The molecule has 0 aliphatic heterocycles. The van der Waals surface area contributed by atoms with Crippen LogP contribution in [0.3, 0.4) is 0 Å². The number of hydrogen-bond donors (Lipinski definition) is 2.